The molecule has 0 spiro atoms. The van der Waals surface area contributed by atoms with Crippen LogP contribution < -0.4 is 14.8 Å². The number of carbonyl (C=O) groups is 3. The van der Waals surface area contributed by atoms with Gasteiger partial charge in [-0.25, -0.2) is 4.79 Å². The van der Waals surface area contributed by atoms with E-state index < -0.39 is 11.8 Å². The van der Waals surface area contributed by atoms with E-state index in [0.29, 0.717) is 62.8 Å². The Morgan fingerprint density at radius 1 is 0.941 bits per heavy atom. The van der Waals surface area contributed by atoms with Gasteiger partial charge in [0.25, 0.3) is 0 Å². The summed E-state index contributed by atoms with van der Waals surface area (Å²) in [6.07, 6.45) is 1.25. The summed E-state index contributed by atoms with van der Waals surface area (Å²) in [5.74, 6) is 0.248. The van der Waals surface area contributed by atoms with Gasteiger partial charge < -0.3 is 29.5 Å². The highest BCUT2D eigenvalue weighted by molar-refractivity contribution is 6.35. The first-order valence-electron chi connectivity index (χ1n) is 11.4. The first kappa shape index (κ1) is 23.4. The van der Waals surface area contributed by atoms with Gasteiger partial charge in [-0.1, -0.05) is 30.3 Å². The third-order valence-electron chi connectivity index (χ3n) is 6.40. The number of nitrogens with one attached hydrogen (secondary N) is 1. The molecular weight excluding hydrogens is 436 g/mol. The predicted octanol–water partition coefficient (Wildman–Crippen LogP) is 2.57. The molecule has 0 bridgehead atoms. The van der Waals surface area contributed by atoms with E-state index in [1.807, 2.05) is 30.3 Å². The van der Waals surface area contributed by atoms with Gasteiger partial charge in [-0.3, -0.25) is 9.59 Å². The number of hydrogen-bond acceptors (Lipinski definition) is 5. The average Bonchev–Trinajstić information content (AvgIpc) is 2.87. The molecule has 0 saturated carbocycles. The lowest BCUT2D eigenvalue weighted by Gasteiger charge is -2.42. The van der Waals surface area contributed by atoms with E-state index in [1.165, 1.54) is 0 Å². The van der Waals surface area contributed by atoms with Gasteiger partial charge in [0.1, 0.15) is 11.5 Å². The van der Waals surface area contributed by atoms with Gasteiger partial charge in [0, 0.05) is 44.8 Å². The van der Waals surface area contributed by atoms with Crippen molar-refractivity contribution in [2.24, 2.45) is 0 Å². The summed E-state index contributed by atoms with van der Waals surface area (Å²) in [6, 6.07) is 14.6. The Hall–Kier alpha value is -3.75. The highest BCUT2D eigenvalue weighted by Crippen LogP contribution is 2.29. The Morgan fingerprint density at radius 2 is 1.68 bits per heavy atom. The first-order chi connectivity index (χ1) is 16.5. The number of piperazine rings is 1. The van der Waals surface area contributed by atoms with Crippen LogP contribution in [0.5, 0.6) is 11.5 Å². The van der Waals surface area contributed by atoms with Gasteiger partial charge in [-0.2, -0.15) is 0 Å². The largest absolute Gasteiger partial charge is 0.497 e. The van der Waals surface area contributed by atoms with E-state index in [1.54, 1.807) is 47.1 Å². The molecule has 1 N–H and O–H groups in total. The second kappa shape index (κ2) is 10.5. The summed E-state index contributed by atoms with van der Waals surface area (Å²) < 4.78 is 10.6. The highest BCUT2D eigenvalue weighted by atomic mass is 16.5. The maximum atomic E-state index is 12.8. The maximum Gasteiger partial charge on any atom is 0.321 e. The van der Waals surface area contributed by atoms with E-state index in [-0.39, 0.29) is 12.1 Å². The summed E-state index contributed by atoms with van der Waals surface area (Å²) in [7, 11) is 3.10. The predicted molar refractivity (Wildman–Crippen MR) is 127 cm³/mol. The van der Waals surface area contributed by atoms with Crippen molar-refractivity contribution < 1.29 is 23.9 Å². The van der Waals surface area contributed by atoms with E-state index in [4.69, 9.17) is 9.47 Å². The minimum Gasteiger partial charge on any atom is -0.497 e. The van der Waals surface area contributed by atoms with Crippen LogP contribution in [0.2, 0.25) is 0 Å². The molecule has 2 saturated heterocycles. The zero-order chi connectivity index (χ0) is 24.1. The van der Waals surface area contributed by atoms with Crippen LogP contribution in [-0.2, 0) is 16.1 Å². The molecule has 9 heteroatoms. The van der Waals surface area contributed by atoms with Crippen LogP contribution in [0.25, 0.3) is 0 Å². The van der Waals surface area contributed by atoms with Crippen molar-refractivity contribution in [1.82, 2.24) is 14.7 Å². The minimum absolute atomic E-state index is 0.0502. The fraction of sp³-hybridized carbons (Fsp3) is 0.400. The Balaban J connectivity index is 1.31. The number of likely N-dealkylation sites (tertiary alicyclic amines) is 1. The number of nitrogens with zero attached hydrogens (tertiary/aromatic N) is 3. The van der Waals surface area contributed by atoms with Crippen LogP contribution in [0.4, 0.5) is 10.5 Å². The Bertz CT molecular complexity index is 1040. The number of carbonyl (C=O) groups excluding carboxylic acids is 3. The van der Waals surface area contributed by atoms with Crippen molar-refractivity contribution in [2.75, 3.05) is 45.7 Å². The molecule has 2 aliphatic heterocycles. The van der Waals surface area contributed by atoms with E-state index >= 15 is 0 Å². The SMILES string of the molecule is COc1ccc(OC)c(NC(=O)N2CCC(N3CCN(Cc4ccccc4)C(=O)C3=O)CC2)c1. The smallest absolute Gasteiger partial charge is 0.321 e. The van der Waals surface area contributed by atoms with Crippen molar-refractivity contribution in [1.29, 1.82) is 0 Å². The van der Waals surface area contributed by atoms with Crippen LogP contribution in [0.3, 0.4) is 0 Å². The van der Waals surface area contributed by atoms with Crippen LogP contribution in [0, 0.1) is 0 Å². The molecule has 0 unspecified atom stereocenters. The molecule has 0 atom stereocenters. The molecule has 34 heavy (non-hydrogen) atoms. The van der Waals surface area contributed by atoms with Crippen LogP contribution in [0.15, 0.2) is 48.5 Å². The lowest BCUT2D eigenvalue weighted by atomic mass is 10.0. The average molecular weight is 467 g/mol. The van der Waals surface area contributed by atoms with E-state index in [9.17, 15) is 14.4 Å². The molecule has 2 fully saturated rings. The number of anilines is 1. The molecule has 0 radical (unpaired) electrons. The monoisotopic (exact) mass is 466 g/mol. The van der Waals surface area contributed by atoms with Gasteiger partial charge >= 0.3 is 17.8 Å². The second-order valence-corrected chi connectivity index (χ2v) is 8.43. The topological polar surface area (TPSA) is 91.4 Å². The summed E-state index contributed by atoms with van der Waals surface area (Å²) in [5, 5.41) is 2.89. The molecule has 2 aliphatic rings. The van der Waals surface area contributed by atoms with Crippen LogP contribution in [-0.4, -0.2) is 79.0 Å². The molecule has 0 aliphatic carbocycles. The highest BCUT2D eigenvalue weighted by Gasteiger charge is 2.38. The molecule has 2 aromatic carbocycles. The lowest BCUT2D eigenvalue weighted by molar-refractivity contribution is -0.158. The number of hydrogen-bond donors (Lipinski definition) is 1. The molecular formula is C25H30N4O5. The second-order valence-electron chi connectivity index (χ2n) is 8.43. The quantitative estimate of drug-likeness (QED) is 0.661. The van der Waals surface area contributed by atoms with E-state index in [2.05, 4.69) is 5.32 Å². The number of ether oxygens (including phenoxy) is 2. The first-order valence-corrected chi connectivity index (χ1v) is 11.4. The number of urea groups is 1. The van der Waals surface area contributed by atoms with Crippen molar-refractivity contribution >= 4 is 23.5 Å². The lowest BCUT2D eigenvalue weighted by Crippen LogP contribution is -2.59. The van der Waals surface area contributed by atoms with Gasteiger partial charge in [0.2, 0.25) is 0 Å². The van der Waals surface area contributed by atoms with Crippen LogP contribution >= 0.6 is 0 Å². The zero-order valence-electron chi connectivity index (χ0n) is 19.5. The van der Waals surface area contributed by atoms with Crippen molar-refractivity contribution in [2.45, 2.75) is 25.4 Å². The summed E-state index contributed by atoms with van der Waals surface area (Å²) in [6.45, 7) is 2.44. The van der Waals surface area contributed by atoms with Gasteiger partial charge in [0.05, 0.1) is 19.9 Å². The van der Waals surface area contributed by atoms with E-state index in [0.717, 1.165) is 5.56 Å². The number of methoxy groups -OCH3 is 2. The van der Waals surface area contributed by atoms with Gasteiger partial charge in [-0.05, 0) is 30.5 Å². The fourth-order valence-corrected chi connectivity index (χ4v) is 4.48. The summed E-state index contributed by atoms with van der Waals surface area (Å²) in [4.78, 5) is 43.4. The molecule has 4 amide bonds. The Labute approximate surface area is 199 Å². The van der Waals surface area contributed by atoms with Crippen molar-refractivity contribution in [3.8, 4) is 11.5 Å². The number of amides is 4. The number of rotatable bonds is 6. The Morgan fingerprint density at radius 3 is 2.35 bits per heavy atom. The normalized spacial score (nSPS) is 17.1. The third kappa shape index (κ3) is 5.08. The molecule has 0 aromatic heterocycles. The number of piperidine rings is 1. The number of benzene rings is 2. The standard InChI is InChI=1S/C25H30N4O5/c1-33-20-8-9-22(34-2)21(16-20)26-25(32)27-12-10-19(11-13-27)29-15-14-28(23(30)24(29)31)17-18-6-4-3-5-7-18/h3-9,16,19H,10-15,17H2,1-2H3,(H,26,32). The van der Waals surface area contributed by atoms with Crippen LogP contribution in [0.1, 0.15) is 18.4 Å². The molecule has 4 rings (SSSR count). The third-order valence-corrected chi connectivity index (χ3v) is 6.40. The van der Waals surface area contributed by atoms with Gasteiger partial charge in [-0.15, -0.1) is 0 Å². The van der Waals surface area contributed by atoms with Crippen molar-refractivity contribution in [3.63, 3.8) is 0 Å². The maximum absolute atomic E-state index is 12.8. The summed E-state index contributed by atoms with van der Waals surface area (Å²) in [5.41, 5.74) is 1.54. The Kier molecular flexibility index (Phi) is 7.20. The zero-order valence-corrected chi connectivity index (χ0v) is 19.5. The molecule has 2 heterocycles. The molecule has 2 aromatic rings. The molecule has 180 valence electrons. The summed E-state index contributed by atoms with van der Waals surface area (Å²) >= 11 is 0. The van der Waals surface area contributed by atoms with Gasteiger partial charge in [0.15, 0.2) is 0 Å². The molecule has 9 nitrogen and oxygen atoms in total. The fourth-order valence-electron chi connectivity index (χ4n) is 4.48. The van der Waals surface area contributed by atoms with Crippen molar-refractivity contribution in [3.05, 3.63) is 54.1 Å². The minimum atomic E-state index is -0.458.